The summed E-state index contributed by atoms with van der Waals surface area (Å²) in [5.41, 5.74) is 2.59. The van der Waals surface area contributed by atoms with E-state index in [9.17, 15) is 4.79 Å². The molecular weight excluding hydrogens is 381 g/mol. The van der Waals surface area contributed by atoms with Crippen molar-refractivity contribution in [3.63, 3.8) is 0 Å². The third kappa shape index (κ3) is 5.38. The Kier molecular flexibility index (Phi) is 7.99. The van der Waals surface area contributed by atoms with Gasteiger partial charge in [-0.1, -0.05) is 19.1 Å². The van der Waals surface area contributed by atoms with Crippen molar-refractivity contribution >= 4 is 36.4 Å². The normalized spacial score (nSPS) is 26.6. The molecule has 152 valence electrons. The average molecular weight is 414 g/mol. The van der Waals surface area contributed by atoms with Crippen molar-refractivity contribution in [2.24, 2.45) is 17.3 Å². The van der Waals surface area contributed by atoms with Crippen molar-refractivity contribution in [3.05, 3.63) is 29.8 Å². The zero-order chi connectivity index (χ0) is 17.3. The van der Waals surface area contributed by atoms with Crippen LogP contribution in [0.1, 0.15) is 44.6 Å². The number of carbonyl (C=O) groups is 1. The van der Waals surface area contributed by atoms with E-state index >= 15 is 0 Å². The molecule has 3 aliphatic rings. The molecule has 4 nitrogen and oxygen atoms in total. The van der Waals surface area contributed by atoms with E-state index in [0.29, 0.717) is 5.41 Å². The smallest absolute Gasteiger partial charge is 0.228 e. The van der Waals surface area contributed by atoms with E-state index in [1.54, 1.807) is 0 Å². The van der Waals surface area contributed by atoms with Gasteiger partial charge in [0, 0.05) is 24.7 Å². The first-order valence-corrected chi connectivity index (χ1v) is 9.97. The first-order valence-electron chi connectivity index (χ1n) is 9.97. The summed E-state index contributed by atoms with van der Waals surface area (Å²) in [5, 5.41) is 6.54. The topological polar surface area (TPSA) is 44.4 Å². The Morgan fingerprint density at radius 1 is 1.22 bits per heavy atom. The molecule has 6 heteroatoms. The number of anilines is 1. The molecule has 2 unspecified atom stereocenters. The fraction of sp³-hybridized carbons (Fsp3) is 0.667. The van der Waals surface area contributed by atoms with Gasteiger partial charge < -0.3 is 10.6 Å². The largest absolute Gasteiger partial charge is 0.326 e. The van der Waals surface area contributed by atoms with E-state index < -0.39 is 0 Å². The lowest BCUT2D eigenvalue weighted by Gasteiger charge is -2.30. The molecular formula is C21H33Cl2N3O. The predicted octanol–water partition coefficient (Wildman–Crippen LogP) is 4.09. The van der Waals surface area contributed by atoms with Crippen LogP contribution in [0.3, 0.4) is 0 Å². The van der Waals surface area contributed by atoms with Crippen molar-refractivity contribution in [1.82, 2.24) is 10.2 Å². The Bertz CT molecular complexity index is 616. The summed E-state index contributed by atoms with van der Waals surface area (Å²) in [6.45, 7) is 7.91. The minimum Gasteiger partial charge on any atom is -0.326 e. The molecule has 1 spiro atoms. The second-order valence-electron chi connectivity index (χ2n) is 8.54. The quantitative estimate of drug-likeness (QED) is 0.780. The van der Waals surface area contributed by atoms with E-state index in [4.69, 9.17) is 0 Å². The number of rotatable bonds is 4. The molecule has 2 atom stereocenters. The van der Waals surface area contributed by atoms with Gasteiger partial charge in [0.1, 0.15) is 0 Å². The number of nitrogens with zero attached hydrogens (tertiary/aromatic N) is 1. The van der Waals surface area contributed by atoms with Crippen LogP contribution < -0.4 is 10.6 Å². The summed E-state index contributed by atoms with van der Waals surface area (Å²) in [4.78, 5) is 15.1. The molecule has 1 aromatic carbocycles. The number of hydrogen-bond donors (Lipinski definition) is 2. The van der Waals surface area contributed by atoms with Crippen LogP contribution in [-0.4, -0.2) is 37.0 Å². The molecule has 0 bridgehead atoms. The van der Waals surface area contributed by atoms with Gasteiger partial charge in [-0.2, -0.15) is 0 Å². The highest BCUT2D eigenvalue weighted by Gasteiger charge is 2.57. The summed E-state index contributed by atoms with van der Waals surface area (Å²) >= 11 is 0. The molecule has 3 fully saturated rings. The van der Waals surface area contributed by atoms with Crippen molar-refractivity contribution in [2.45, 2.75) is 45.6 Å². The van der Waals surface area contributed by atoms with Crippen molar-refractivity contribution < 1.29 is 4.79 Å². The zero-order valence-corrected chi connectivity index (χ0v) is 17.8. The van der Waals surface area contributed by atoms with Crippen molar-refractivity contribution in [2.75, 3.05) is 31.5 Å². The van der Waals surface area contributed by atoms with Crippen molar-refractivity contribution in [3.8, 4) is 0 Å². The standard InChI is InChI=1S/C21H31N3O.2ClH/c1-16-3-2-12-24(14-16)15-17-4-6-18(7-5-17)23-20(25)19-13-21(19)8-10-22-11-9-21;;/h4-7,16,19,22H,2-3,8-15H2,1H3,(H,23,25);2*1H. The molecule has 0 radical (unpaired) electrons. The van der Waals surface area contributed by atoms with Crippen LogP contribution >= 0.6 is 24.8 Å². The van der Waals surface area contributed by atoms with Crippen LogP contribution in [0.4, 0.5) is 5.69 Å². The number of nitrogens with one attached hydrogen (secondary N) is 2. The summed E-state index contributed by atoms with van der Waals surface area (Å²) in [5.74, 6) is 1.26. The number of halogens is 2. The Morgan fingerprint density at radius 2 is 1.93 bits per heavy atom. The van der Waals surface area contributed by atoms with Crippen LogP contribution in [0.2, 0.25) is 0 Å². The SMILES string of the molecule is CC1CCCN(Cc2ccc(NC(=O)C3CC34CCNCC4)cc2)C1.Cl.Cl. The monoisotopic (exact) mass is 413 g/mol. The number of piperidine rings is 2. The molecule has 1 aromatic rings. The van der Waals surface area contributed by atoms with Gasteiger partial charge in [0.25, 0.3) is 0 Å². The molecule has 2 N–H and O–H groups in total. The van der Waals surface area contributed by atoms with Gasteiger partial charge in [-0.15, -0.1) is 24.8 Å². The number of amides is 1. The highest BCUT2D eigenvalue weighted by molar-refractivity contribution is 5.95. The average Bonchev–Trinajstić information content (AvgIpc) is 3.30. The number of likely N-dealkylation sites (tertiary alicyclic amines) is 1. The first-order chi connectivity index (χ1) is 12.1. The number of hydrogen-bond acceptors (Lipinski definition) is 3. The minimum atomic E-state index is 0. The van der Waals surface area contributed by atoms with Gasteiger partial charge in [-0.05, 0) is 80.8 Å². The minimum absolute atomic E-state index is 0. The Labute approximate surface area is 175 Å². The van der Waals surface area contributed by atoms with E-state index in [0.717, 1.165) is 50.5 Å². The predicted molar refractivity (Wildman–Crippen MR) is 116 cm³/mol. The summed E-state index contributed by atoms with van der Waals surface area (Å²) in [7, 11) is 0. The Morgan fingerprint density at radius 3 is 2.59 bits per heavy atom. The molecule has 1 saturated carbocycles. The zero-order valence-electron chi connectivity index (χ0n) is 16.2. The Hall–Kier alpha value is -0.810. The van der Waals surface area contributed by atoms with Gasteiger partial charge in [0.2, 0.25) is 5.91 Å². The van der Waals surface area contributed by atoms with Crippen LogP contribution in [0.15, 0.2) is 24.3 Å². The lowest BCUT2D eigenvalue weighted by molar-refractivity contribution is -0.118. The lowest BCUT2D eigenvalue weighted by Crippen LogP contribution is -2.33. The third-order valence-electron chi connectivity index (χ3n) is 6.47. The van der Waals surface area contributed by atoms with E-state index in [-0.39, 0.29) is 36.6 Å². The van der Waals surface area contributed by atoms with Crippen LogP contribution in [-0.2, 0) is 11.3 Å². The summed E-state index contributed by atoms with van der Waals surface area (Å²) in [6.07, 6.45) is 6.05. The maximum absolute atomic E-state index is 12.5. The van der Waals surface area contributed by atoms with Crippen LogP contribution in [0, 0.1) is 17.3 Å². The van der Waals surface area contributed by atoms with Gasteiger partial charge in [0.15, 0.2) is 0 Å². The fourth-order valence-corrected chi connectivity index (χ4v) is 4.81. The summed E-state index contributed by atoms with van der Waals surface area (Å²) in [6, 6.07) is 8.47. The molecule has 1 aliphatic carbocycles. The third-order valence-corrected chi connectivity index (χ3v) is 6.47. The molecule has 2 saturated heterocycles. The molecule has 1 amide bonds. The lowest BCUT2D eigenvalue weighted by atomic mass is 9.92. The van der Waals surface area contributed by atoms with Gasteiger partial charge in [0.05, 0.1) is 0 Å². The molecule has 0 aromatic heterocycles. The highest BCUT2D eigenvalue weighted by Crippen LogP contribution is 2.58. The second kappa shape index (κ2) is 9.60. The number of carbonyl (C=O) groups excluding carboxylic acids is 1. The maximum Gasteiger partial charge on any atom is 0.228 e. The van der Waals surface area contributed by atoms with Gasteiger partial charge >= 0.3 is 0 Å². The molecule has 2 aliphatic heterocycles. The van der Waals surface area contributed by atoms with Gasteiger partial charge in [-0.3, -0.25) is 9.69 Å². The van der Waals surface area contributed by atoms with E-state index in [2.05, 4.69) is 46.7 Å². The van der Waals surface area contributed by atoms with Crippen LogP contribution in [0.5, 0.6) is 0 Å². The van der Waals surface area contributed by atoms with E-state index in [1.165, 1.54) is 31.5 Å². The molecule has 27 heavy (non-hydrogen) atoms. The second-order valence-corrected chi connectivity index (χ2v) is 8.54. The highest BCUT2D eigenvalue weighted by atomic mass is 35.5. The Balaban J connectivity index is 0.00000131. The van der Waals surface area contributed by atoms with Crippen molar-refractivity contribution in [1.29, 1.82) is 0 Å². The molecule has 2 heterocycles. The van der Waals surface area contributed by atoms with E-state index in [1.807, 2.05) is 0 Å². The van der Waals surface area contributed by atoms with Crippen LogP contribution in [0.25, 0.3) is 0 Å². The van der Waals surface area contributed by atoms with Gasteiger partial charge in [-0.25, -0.2) is 0 Å². The fourth-order valence-electron chi connectivity index (χ4n) is 4.81. The first kappa shape index (κ1) is 22.5. The maximum atomic E-state index is 12.5. The summed E-state index contributed by atoms with van der Waals surface area (Å²) < 4.78 is 0. The number of benzene rings is 1. The molecule has 4 rings (SSSR count).